The molecule has 0 saturated carbocycles. The van der Waals surface area contributed by atoms with Crippen molar-refractivity contribution in [3.8, 4) is 0 Å². The summed E-state index contributed by atoms with van der Waals surface area (Å²) in [5, 5.41) is 16.5. The quantitative estimate of drug-likeness (QED) is 0.613. The van der Waals surface area contributed by atoms with Crippen LogP contribution < -0.4 is 10.6 Å². The SMILES string of the molecule is CCCNC1(CO)CCNCC1CC. The zero-order valence-electron chi connectivity index (χ0n) is 9.47. The minimum atomic E-state index is -0.0178. The standard InChI is InChI=1S/C11H24N2O/c1-3-6-13-11(9-14)5-7-12-8-10(11)4-2/h10,12-14H,3-9H2,1-2H3. The molecule has 1 aliphatic heterocycles. The molecule has 1 fully saturated rings. The Hall–Kier alpha value is -0.120. The zero-order valence-corrected chi connectivity index (χ0v) is 9.47. The summed E-state index contributed by atoms with van der Waals surface area (Å²) in [6, 6.07) is 0. The summed E-state index contributed by atoms with van der Waals surface area (Å²) < 4.78 is 0. The van der Waals surface area contributed by atoms with Crippen molar-refractivity contribution < 1.29 is 5.11 Å². The predicted molar refractivity (Wildman–Crippen MR) is 59.4 cm³/mol. The van der Waals surface area contributed by atoms with Crippen molar-refractivity contribution >= 4 is 0 Å². The van der Waals surface area contributed by atoms with Gasteiger partial charge in [0.1, 0.15) is 0 Å². The second-order valence-corrected chi connectivity index (χ2v) is 4.30. The summed E-state index contributed by atoms with van der Waals surface area (Å²) in [4.78, 5) is 0. The highest BCUT2D eigenvalue weighted by molar-refractivity contribution is 4.97. The molecule has 14 heavy (non-hydrogen) atoms. The predicted octanol–water partition coefficient (Wildman–Crippen LogP) is 0.737. The summed E-state index contributed by atoms with van der Waals surface area (Å²) in [7, 11) is 0. The third kappa shape index (κ3) is 2.47. The van der Waals surface area contributed by atoms with Crippen LogP contribution in [0, 0.1) is 5.92 Å². The first-order valence-corrected chi connectivity index (χ1v) is 5.85. The van der Waals surface area contributed by atoms with Crippen molar-refractivity contribution in [3.63, 3.8) is 0 Å². The van der Waals surface area contributed by atoms with Gasteiger partial charge in [-0.25, -0.2) is 0 Å². The third-order valence-corrected chi connectivity index (χ3v) is 3.42. The number of hydrogen-bond acceptors (Lipinski definition) is 3. The van der Waals surface area contributed by atoms with Crippen LogP contribution in [-0.4, -0.2) is 36.9 Å². The Balaban J connectivity index is 2.60. The Kier molecular flexibility index (Phi) is 4.85. The Morgan fingerprint density at radius 3 is 2.86 bits per heavy atom. The Bertz CT molecular complexity index is 163. The third-order valence-electron chi connectivity index (χ3n) is 3.42. The Morgan fingerprint density at radius 2 is 2.29 bits per heavy atom. The molecule has 1 heterocycles. The fourth-order valence-electron chi connectivity index (χ4n) is 2.39. The minimum Gasteiger partial charge on any atom is -0.394 e. The van der Waals surface area contributed by atoms with E-state index in [4.69, 9.17) is 0 Å². The van der Waals surface area contributed by atoms with Crippen LogP contribution in [0.25, 0.3) is 0 Å². The molecule has 0 aromatic carbocycles. The fraction of sp³-hybridized carbons (Fsp3) is 1.00. The topological polar surface area (TPSA) is 44.3 Å². The van der Waals surface area contributed by atoms with Gasteiger partial charge >= 0.3 is 0 Å². The van der Waals surface area contributed by atoms with E-state index in [0.29, 0.717) is 5.92 Å². The number of hydrogen-bond donors (Lipinski definition) is 3. The molecule has 1 saturated heterocycles. The van der Waals surface area contributed by atoms with E-state index in [-0.39, 0.29) is 12.1 Å². The number of aliphatic hydroxyl groups excluding tert-OH is 1. The summed E-state index contributed by atoms with van der Waals surface area (Å²) in [5.41, 5.74) is -0.0178. The first kappa shape index (κ1) is 12.0. The van der Waals surface area contributed by atoms with Gasteiger partial charge in [0, 0.05) is 5.54 Å². The molecule has 1 rings (SSSR count). The van der Waals surface area contributed by atoms with E-state index < -0.39 is 0 Å². The number of piperidine rings is 1. The van der Waals surface area contributed by atoms with Gasteiger partial charge in [-0.05, 0) is 38.4 Å². The van der Waals surface area contributed by atoms with E-state index in [2.05, 4.69) is 24.5 Å². The second kappa shape index (κ2) is 5.69. The highest BCUT2D eigenvalue weighted by Gasteiger charge is 2.38. The lowest BCUT2D eigenvalue weighted by Crippen LogP contribution is -2.61. The number of nitrogens with one attached hydrogen (secondary N) is 2. The van der Waals surface area contributed by atoms with Crippen molar-refractivity contribution in [1.82, 2.24) is 10.6 Å². The normalized spacial score (nSPS) is 33.2. The van der Waals surface area contributed by atoms with Gasteiger partial charge in [0.25, 0.3) is 0 Å². The molecule has 0 aromatic heterocycles. The molecule has 2 unspecified atom stereocenters. The molecule has 0 aliphatic carbocycles. The number of aliphatic hydroxyl groups is 1. The van der Waals surface area contributed by atoms with Gasteiger partial charge in [0.2, 0.25) is 0 Å². The molecule has 84 valence electrons. The molecule has 3 heteroatoms. The fourth-order valence-corrected chi connectivity index (χ4v) is 2.39. The van der Waals surface area contributed by atoms with Crippen LogP contribution in [0.5, 0.6) is 0 Å². The van der Waals surface area contributed by atoms with E-state index >= 15 is 0 Å². The molecular weight excluding hydrogens is 176 g/mol. The minimum absolute atomic E-state index is 0.0178. The first-order chi connectivity index (χ1) is 6.79. The van der Waals surface area contributed by atoms with Crippen LogP contribution >= 0.6 is 0 Å². The molecule has 0 bridgehead atoms. The zero-order chi connectivity index (χ0) is 10.4. The van der Waals surface area contributed by atoms with Crippen molar-refractivity contribution in [3.05, 3.63) is 0 Å². The summed E-state index contributed by atoms with van der Waals surface area (Å²) in [6.07, 6.45) is 3.30. The molecule has 2 atom stereocenters. The molecule has 0 radical (unpaired) electrons. The summed E-state index contributed by atoms with van der Waals surface area (Å²) >= 11 is 0. The maximum Gasteiger partial charge on any atom is 0.0617 e. The second-order valence-electron chi connectivity index (χ2n) is 4.30. The van der Waals surface area contributed by atoms with Gasteiger partial charge in [0.05, 0.1) is 6.61 Å². The molecule has 1 aliphatic rings. The van der Waals surface area contributed by atoms with Gasteiger partial charge in [0.15, 0.2) is 0 Å². The lowest BCUT2D eigenvalue weighted by Gasteiger charge is -2.44. The lowest BCUT2D eigenvalue weighted by molar-refractivity contribution is 0.0729. The highest BCUT2D eigenvalue weighted by atomic mass is 16.3. The van der Waals surface area contributed by atoms with E-state index in [1.807, 2.05) is 0 Å². The van der Waals surface area contributed by atoms with E-state index in [1.165, 1.54) is 0 Å². The van der Waals surface area contributed by atoms with Crippen molar-refractivity contribution in [2.75, 3.05) is 26.2 Å². The van der Waals surface area contributed by atoms with Crippen LogP contribution in [-0.2, 0) is 0 Å². The number of rotatable bonds is 5. The maximum absolute atomic E-state index is 9.58. The average Bonchev–Trinajstić information content (AvgIpc) is 2.26. The molecule has 3 nitrogen and oxygen atoms in total. The molecule has 0 aromatic rings. The first-order valence-electron chi connectivity index (χ1n) is 5.85. The molecule has 0 spiro atoms. The highest BCUT2D eigenvalue weighted by Crippen LogP contribution is 2.26. The Labute approximate surface area is 87.3 Å². The van der Waals surface area contributed by atoms with E-state index in [9.17, 15) is 5.11 Å². The molecular formula is C11H24N2O. The maximum atomic E-state index is 9.58. The van der Waals surface area contributed by atoms with Crippen LogP contribution in [0.1, 0.15) is 33.1 Å². The van der Waals surface area contributed by atoms with Gasteiger partial charge in [-0.2, -0.15) is 0 Å². The lowest BCUT2D eigenvalue weighted by atomic mass is 9.77. The summed E-state index contributed by atoms with van der Waals surface area (Å²) in [5.74, 6) is 0.563. The largest absolute Gasteiger partial charge is 0.394 e. The summed E-state index contributed by atoms with van der Waals surface area (Å²) in [6.45, 7) is 7.71. The van der Waals surface area contributed by atoms with Crippen molar-refractivity contribution in [1.29, 1.82) is 0 Å². The van der Waals surface area contributed by atoms with Gasteiger partial charge in [-0.3, -0.25) is 0 Å². The van der Waals surface area contributed by atoms with Crippen molar-refractivity contribution in [2.45, 2.75) is 38.6 Å². The van der Waals surface area contributed by atoms with Gasteiger partial charge < -0.3 is 15.7 Å². The smallest absolute Gasteiger partial charge is 0.0617 e. The molecule has 0 amide bonds. The average molecular weight is 200 g/mol. The van der Waals surface area contributed by atoms with Crippen LogP contribution in [0.15, 0.2) is 0 Å². The van der Waals surface area contributed by atoms with E-state index in [1.54, 1.807) is 0 Å². The van der Waals surface area contributed by atoms with Gasteiger partial charge in [-0.15, -0.1) is 0 Å². The van der Waals surface area contributed by atoms with Crippen LogP contribution in [0.2, 0.25) is 0 Å². The monoisotopic (exact) mass is 200 g/mol. The molecule has 3 N–H and O–H groups in total. The van der Waals surface area contributed by atoms with Crippen LogP contribution in [0.3, 0.4) is 0 Å². The Morgan fingerprint density at radius 1 is 1.50 bits per heavy atom. The van der Waals surface area contributed by atoms with E-state index in [0.717, 1.165) is 38.9 Å². The van der Waals surface area contributed by atoms with Gasteiger partial charge in [-0.1, -0.05) is 20.3 Å². The van der Waals surface area contributed by atoms with Crippen molar-refractivity contribution in [2.24, 2.45) is 5.92 Å². The van der Waals surface area contributed by atoms with Crippen LogP contribution in [0.4, 0.5) is 0 Å².